The van der Waals surface area contributed by atoms with Gasteiger partial charge in [0.2, 0.25) is 5.91 Å². The third-order valence-electron chi connectivity index (χ3n) is 3.95. The van der Waals surface area contributed by atoms with Crippen molar-refractivity contribution in [2.24, 2.45) is 11.1 Å². The first-order valence-electron chi connectivity index (χ1n) is 8.42. The maximum absolute atomic E-state index is 12.1. The Morgan fingerprint density at radius 2 is 1.77 bits per heavy atom. The molecule has 1 aromatic carbocycles. The fourth-order valence-corrected chi connectivity index (χ4v) is 2.97. The Morgan fingerprint density at radius 3 is 2.27 bits per heavy atom. The number of benzene rings is 1. The van der Waals surface area contributed by atoms with Crippen LogP contribution in [0.25, 0.3) is 0 Å². The van der Waals surface area contributed by atoms with Gasteiger partial charge < -0.3 is 15.4 Å². The van der Waals surface area contributed by atoms with E-state index < -0.39 is 9.84 Å². The fraction of sp³-hybridized carbons (Fsp3) is 0.611. The summed E-state index contributed by atoms with van der Waals surface area (Å²) >= 11 is 0. The summed E-state index contributed by atoms with van der Waals surface area (Å²) in [6.07, 6.45) is 3.15. The number of nitrogens with two attached hydrogens (primary N) is 1. The van der Waals surface area contributed by atoms with Gasteiger partial charge in [0.1, 0.15) is 5.75 Å². The minimum atomic E-state index is -3.19. The van der Waals surface area contributed by atoms with Crippen molar-refractivity contribution < 1.29 is 17.9 Å². The van der Waals surface area contributed by atoms with Crippen LogP contribution in [0.2, 0.25) is 0 Å². The average Bonchev–Trinajstić information content (AvgIpc) is 2.53. The number of carbonyl (C=O) groups excluding carboxylic acids is 1. The van der Waals surface area contributed by atoms with Crippen LogP contribution in [0.1, 0.15) is 33.1 Å². The summed E-state index contributed by atoms with van der Waals surface area (Å²) in [7, 11) is -1.38. The first kappa shape index (κ1) is 24.7. The lowest BCUT2D eigenvalue weighted by Gasteiger charge is -2.29. The molecule has 2 N–H and O–H groups in total. The molecule has 1 aromatic rings. The van der Waals surface area contributed by atoms with E-state index >= 15 is 0 Å². The number of nitrogens with zero attached hydrogens (tertiary/aromatic N) is 1. The average molecular weight is 407 g/mol. The Hall–Kier alpha value is -1.31. The summed E-state index contributed by atoms with van der Waals surface area (Å²) in [5, 5.41) is 0. The van der Waals surface area contributed by atoms with Crippen LogP contribution in [0, 0.1) is 5.41 Å². The highest BCUT2D eigenvalue weighted by Crippen LogP contribution is 2.17. The molecule has 0 bridgehead atoms. The van der Waals surface area contributed by atoms with Gasteiger partial charge in [0.15, 0.2) is 9.84 Å². The molecule has 0 aromatic heterocycles. The number of halogens is 1. The van der Waals surface area contributed by atoms with Crippen LogP contribution in [-0.4, -0.2) is 52.2 Å². The largest absolute Gasteiger partial charge is 0.494 e. The minimum absolute atomic E-state index is 0. The monoisotopic (exact) mass is 406 g/mol. The molecule has 8 heteroatoms. The van der Waals surface area contributed by atoms with Crippen molar-refractivity contribution >= 4 is 28.2 Å². The van der Waals surface area contributed by atoms with Gasteiger partial charge in [0, 0.05) is 26.3 Å². The molecule has 1 amide bonds. The predicted molar refractivity (Wildman–Crippen MR) is 107 cm³/mol. The molecular formula is C18H31ClN2O4S. The molecule has 0 aliphatic heterocycles. The second-order valence-electron chi connectivity index (χ2n) is 7.17. The third kappa shape index (κ3) is 8.87. The number of amides is 1. The zero-order valence-electron chi connectivity index (χ0n) is 16.0. The minimum Gasteiger partial charge on any atom is -0.494 e. The number of carbonyl (C=O) groups is 1. The van der Waals surface area contributed by atoms with Gasteiger partial charge in [-0.15, -0.1) is 12.4 Å². The van der Waals surface area contributed by atoms with Crippen LogP contribution in [0.3, 0.4) is 0 Å². The maximum atomic E-state index is 12.1. The molecule has 0 saturated heterocycles. The smallest absolute Gasteiger partial charge is 0.222 e. The quantitative estimate of drug-likeness (QED) is 0.603. The molecule has 0 spiro atoms. The number of sulfone groups is 1. The lowest BCUT2D eigenvalue weighted by molar-refractivity contribution is -0.131. The Morgan fingerprint density at radius 1 is 1.19 bits per heavy atom. The molecule has 0 atom stereocenters. The first-order chi connectivity index (χ1) is 11.5. The van der Waals surface area contributed by atoms with Crippen LogP contribution in [0.4, 0.5) is 0 Å². The summed E-state index contributed by atoms with van der Waals surface area (Å²) in [6, 6.07) is 6.35. The van der Waals surface area contributed by atoms with Crippen LogP contribution in [0.15, 0.2) is 29.2 Å². The Balaban J connectivity index is 0.00000625. The van der Waals surface area contributed by atoms with Crippen molar-refractivity contribution in [1.29, 1.82) is 0 Å². The number of rotatable bonds is 10. The van der Waals surface area contributed by atoms with Gasteiger partial charge in [-0.2, -0.15) is 0 Å². The van der Waals surface area contributed by atoms with Crippen molar-refractivity contribution in [3.05, 3.63) is 24.3 Å². The molecule has 150 valence electrons. The highest BCUT2D eigenvalue weighted by atomic mass is 35.5. The van der Waals surface area contributed by atoms with E-state index in [1.807, 2.05) is 13.8 Å². The molecule has 26 heavy (non-hydrogen) atoms. The zero-order valence-corrected chi connectivity index (χ0v) is 17.7. The van der Waals surface area contributed by atoms with Crippen molar-refractivity contribution in [3.63, 3.8) is 0 Å². The van der Waals surface area contributed by atoms with Gasteiger partial charge in [-0.25, -0.2) is 8.42 Å². The fourth-order valence-electron chi connectivity index (χ4n) is 2.34. The molecule has 6 nitrogen and oxygen atoms in total. The van der Waals surface area contributed by atoms with Crippen LogP contribution < -0.4 is 10.5 Å². The SMILES string of the molecule is CN(CC(C)(C)CN)C(=O)CCCCOc1ccc(S(C)(=O)=O)cc1.Cl. The van der Waals surface area contributed by atoms with E-state index in [9.17, 15) is 13.2 Å². The molecule has 0 fully saturated rings. The van der Waals surface area contributed by atoms with Gasteiger partial charge in [-0.1, -0.05) is 13.8 Å². The number of unbranched alkanes of at least 4 members (excludes halogenated alkanes) is 1. The summed E-state index contributed by atoms with van der Waals surface area (Å²) in [5.41, 5.74) is 5.62. The van der Waals surface area contributed by atoms with Crippen molar-refractivity contribution in [2.45, 2.75) is 38.0 Å². The second-order valence-corrected chi connectivity index (χ2v) is 9.18. The van der Waals surface area contributed by atoms with Gasteiger partial charge in [-0.05, 0) is 49.1 Å². The Kier molecular flexibility index (Phi) is 10.2. The molecule has 0 saturated carbocycles. The summed E-state index contributed by atoms with van der Waals surface area (Å²) in [5.74, 6) is 0.736. The van der Waals surface area contributed by atoms with Gasteiger partial charge >= 0.3 is 0 Å². The van der Waals surface area contributed by atoms with Crippen LogP contribution in [0.5, 0.6) is 5.75 Å². The lowest BCUT2D eigenvalue weighted by Crippen LogP contribution is -2.39. The molecular weight excluding hydrogens is 376 g/mol. The van der Waals surface area contributed by atoms with Crippen molar-refractivity contribution in [3.8, 4) is 5.75 Å². The molecule has 0 heterocycles. The molecule has 0 unspecified atom stereocenters. The predicted octanol–water partition coefficient (Wildman–Crippen LogP) is 2.50. The van der Waals surface area contributed by atoms with E-state index in [0.717, 1.165) is 12.8 Å². The van der Waals surface area contributed by atoms with Crippen LogP contribution >= 0.6 is 12.4 Å². The summed E-state index contributed by atoms with van der Waals surface area (Å²) < 4.78 is 28.3. The van der Waals surface area contributed by atoms with Crippen molar-refractivity contribution in [2.75, 3.05) is 33.0 Å². The zero-order chi connectivity index (χ0) is 19.1. The van der Waals surface area contributed by atoms with E-state index in [1.165, 1.54) is 18.4 Å². The lowest BCUT2D eigenvalue weighted by atomic mass is 9.93. The Bertz CT molecular complexity index is 660. The van der Waals surface area contributed by atoms with E-state index in [2.05, 4.69) is 0 Å². The molecule has 0 aliphatic rings. The van der Waals surface area contributed by atoms with Crippen molar-refractivity contribution in [1.82, 2.24) is 4.90 Å². The van der Waals surface area contributed by atoms with Gasteiger partial charge in [0.05, 0.1) is 11.5 Å². The van der Waals surface area contributed by atoms with E-state index in [-0.39, 0.29) is 28.6 Å². The normalized spacial score (nSPS) is 11.6. The highest BCUT2D eigenvalue weighted by Gasteiger charge is 2.20. The first-order valence-corrected chi connectivity index (χ1v) is 10.3. The number of ether oxygens (including phenoxy) is 1. The standard InChI is InChI=1S/C18H30N2O4S.ClH/c1-18(2,13-19)14-20(3)17(21)7-5-6-12-24-15-8-10-16(11-9-15)25(4,22)23;/h8-11H,5-7,12-14,19H2,1-4H3;1H. The van der Waals surface area contributed by atoms with Gasteiger partial charge in [0.25, 0.3) is 0 Å². The number of hydrogen-bond acceptors (Lipinski definition) is 5. The van der Waals surface area contributed by atoms with Crippen LogP contribution in [-0.2, 0) is 14.6 Å². The molecule has 0 radical (unpaired) electrons. The topological polar surface area (TPSA) is 89.7 Å². The molecule has 0 aliphatic carbocycles. The number of hydrogen-bond donors (Lipinski definition) is 1. The maximum Gasteiger partial charge on any atom is 0.222 e. The summed E-state index contributed by atoms with van der Waals surface area (Å²) in [6.45, 7) is 5.75. The molecule has 1 rings (SSSR count). The highest BCUT2D eigenvalue weighted by molar-refractivity contribution is 7.90. The van der Waals surface area contributed by atoms with Gasteiger partial charge in [-0.3, -0.25) is 4.79 Å². The van der Waals surface area contributed by atoms with E-state index in [0.29, 0.717) is 31.9 Å². The van der Waals surface area contributed by atoms with E-state index in [4.69, 9.17) is 10.5 Å². The third-order valence-corrected chi connectivity index (χ3v) is 5.08. The van der Waals surface area contributed by atoms with E-state index in [1.54, 1.807) is 24.1 Å². The second kappa shape index (κ2) is 10.7. The summed E-state index contributed by atoms with van der Waals surface area (Å²) in [4.78, 5) is 14.1. The Labute approximate surface area is 163 Å².